The van der Waals surface area contributed by atoms with Crippen LogP contribution in [-0.4, -0.2) is 10.9 Å². The van der Waals surface area contributed by atoms with E-state index in [1.807, 2.05) is 12.1 Å². The van der Waals surface area contributed by atoms with Crippen LogP contribution in [0.4, 0.5) is 14.5 Å². The smallest absolute Gasteiger partial charge is 0.280 e. The number of nitrogens with one attached hydrogen (secondary N) is 2. The zero-order valence-corrected chi connectivity index (χ0v) is 14.5. The average molecular weight is 380 g/mol. The van der Waals surface area contributed by atoms with Crippen molar-refractivity contribution in [3.05, 3.63) is 57.1 Å². The van der Waals surface area contributed by atoms with Crippen molar-refractivity contribution in [1.82, 2.24) is 10.3 Å². The number of alkyl halides is 2. The van der Waals surface area contributed by atoms with Crippen molar-refractivity contribution in [3.8, 4) is 0 Å². The van der Waals surface area contributed by atoms with E-state index in [0.717, 1.165) is 16.9 Å². The number of carbonyl (C=O) groups is 1. The van der Waals surface area contributed by atoms with Gasteiger partial charge in [0.2, 0.25) is 0 Å². The van der Waals surface area contributed by atoms with E-state index < -0.39 is 12.6 Å². The summed E-state index contributed by atoms with van der Waals surface area (Å²) in [6.07, 6.45) is -3.07. The van der Waals surface area contributed by atoms with Gasteiger partial charge >= 0.3 is 0 Å². The molecule has 25 heavy (non-hydrogen) atoms. The summed E-state index contributed by atoms with van der Waals surface area (Å²) in [7, 11) is 0. The van der Waals surface area contributed by atoms with Gasteiger partial charge in [0.25, 0.3) is 12.3 Å². The first-order chi connectivity index (χ1) is 11.9. The van der Waals surface area contributed by atoms with E-state index in [9.17, 15) is 13.6 Å². The Morgan fingerprint density at radius 2 is 1.96 bits per heavy atom. The summed E-state index contributed by atoms with van der Waals surface area (Å²) in [5.74, 6) is -0.255. The molecule has 1 aliphatic rings. The summed E-state index contributed by atoms with van der Waals surface area (Å²) < 4.78 is 26.0. The van der Waals surface area contributed by atoms with E-state index in [4.69, 9.17) is 11.6 Å². The Labute approximate surface area is 150 Å². The number of hydrogen-bond donors (Lipinski definition) is 2. The van der Waals surface area contributed by atoms with Gasteiger partial charge < -0.3 is 10.6 Å². The highest BCUT2D eigenvalue weighted by Gasteiger charge is 2.30. The molecule has 0 saturated carbocycles. The second kappa shape index (κ2) is 5.93. The molecule has 1 amide bonds. The zero-order valence-electron chi connectivity index (χ0n) is 12.9. The molecule has 128 valence electrons. The number of carbonyl (C=O) groups excluding carboxylic acids is 1. The molecule has 1 atom stereocenters. The lowest BCUT2D eigenvalue weighted by Gasteiger charge is -2.26. The molecule has 2 N–H and O–H groups in total. The molecule has 1 unspecified atom stereocenters. The van der Waals surface area contributed by atoms with E-state index >= 15 is 0 Å². The first kappa shape index (κ1) is 16.2. The van der Waals surface area contributed by atoms with Gasteiger partial charge in [-0.2, -0.15) is 0 Å². The summed E-state index contributed by atoms with van der Waals surface area (Å²) in [5, 5.41) is 7.46. The van der Waals surface area contributed by atoms with Crippen LogP contribution in [0.25, 0.3) is 10.2 Å². The fraction of sp³-hybridized carbons (Fsp3) is 0.176. The van der Waals surface area contributed by atoms with Crippen molar-refractivity contribution in [1.29, 1.82) is 0 Å². The number of fused-ring (bicyclic) bond motifs is 3. The number of anilines is 1. The Morgan fingerprint density at radius 1 is 1.24 bits per heavy atom. The number of thiophene rings is 1. The van der Waals surface area contributed by atoms with Gasteiger partial charge in [0.15, 0.2) is 0 Å². The van der Waals surface area contributed by atoms with Crippen LogP contribution in [0.2, 0.25) is 5.02 Å². The Bertz CT molecular complexity index is 988. The minimum Gasteiger partial charge on any atom is -0.360 e. The van der Waals surface area contributed by atoms with Crippen molar-refractivity contribution in [2.45, 2.75) is 19.5 Å². The molecule has 2 aromatic heterocycles. The molecule has 0 radical (unpaired) electrons. The summed E-state index contributed by atoms with van der Waals surface area (Å²) >= 11 is 7.02. The largest absolute Gasteiger partial charge is 0.360 e. The normalized spacial score (nSPS) is 16.7. The Hall–Kier alpha value is -2.25. The first-order valence-corrected chi connectivity index (χ1v) is 8.68. The molecule has 0 fully saturated rings. The van der Waals surface area contributed by atoms with Crippen LogP contribution in [-0.2, 0) is 0 Å². The minimum absolute atomic E-state index is 0.255. The molecular formula is C17H12ClF2N3OS. The molecule has 3 heterocycles. The standard InChI is InChI=1S/C17H12ClF2N3OS/c1-7-6-10(14(19)20)21-17-11(7)12-13(25-17)16(24)23-15(22-12)8-2-4-9(18)5-3-8/h2-6,14-15,22H,1H3,(H,23,24). The molecule has 0 spiro atoms. The lowest BCUT2D eigenvalue weighted by atomic mass is 10.1. The summed E-state index contributed by atoms with van der Waals surface area (Å²) in [5.41, 5.74) is 1.86. The fourth-order valence-corrected chi connectivity index (χ4v) is 4.17. The third kappa shape index (κ3) is 2.73. The second-order valence-corrected chi connectivity index (χ2v) is 7.19. The van der Waals surface area contributed by atoms with Crippen LogP contribution < -0.4 is 10.6 Å². The summed E-state index contributed by atoms with van der Waals surface area (Å²) in [6, 6.07) is 8.49. The molecule has 0 aliphatic carbocycles. The molecule has 1 aromatic carbocycles. The average Bonchev–Trinajstić information content (AvgIpc) is 2.95. The number of halogens is 3. The van der Waals surface area contributed by atoms with Gasteiger partial charge in [0.05, 0.1) is 5.69 Å². The maximum Gasteiger partial charge on any atom is 0.280 e. The minimum atomic E-state index is -2.65. The lowest BCUT2D eigenvalue weighted by Crippen LogP contribution is -2.37. The Kier molecular flexibility index (Phi) is 3.85. The van der Waals surface area contributed by atoms with Crippen LogP contribution >= 0.6 is 22.9 Å². The zero-order chi connectivity index (χ0) is 17.7. The van der Waals surface area contributed by atoms with Crippen molar-refractivity contribution < 1.29 is 13.6 Å². The fourth-order valence-electron chi connectivity index (χ4n) is 2.92. The number of hydrogen-bond acceptors (Lipinski definition) is 4. The van der Waals surface area contributed by atoms with Crippen molar-refractivity contribution in [2.24, 2.45) is 0 Å². The second-order valence-electron chi connectivity index (χ2n) is 5.75. The predicted molar refractivity (Wildman–Crippen MR) is 94.6 cm³/mol. The number of pyridine rings is 1. The topological polar surface area (TPSA) is 54.0 Å². The van der Waals surface area contributed by atoms with E-state index in [2.05, 4.69) is 15.6 Å². The van der Waals surface area contributed by atoms with Crippen LogP contribution in [0.3, 0.4) is 0 Å². The summed E-state index contributed by atoms with van der Waals surface area (Å²) in [6.45, 7) is 1.74. The van der Waals surface area contributed by atoms with Gasteiger partial charge in [0.1, 0.15) is 21.6 Å². The third-order valence-corrected chi connectivity index (χ3v) is 5.41. The van der Waals surface area contributed by atoms with Gasteiger partial charge in [-0.3, -0.25) is 4.79 Å². The Balaban J connectivity index is 1.82. The molecule has 4 nitrogen and oxygen atoms in total. The number of benzene rings is 1. The molecule has 0 saturated heterocycles. The van der Waals surface area contributed by atoms with Crippen LogP contribution in [0.5, 0.6) is 0 Å². The lowest BCUT2D eigenvalue weighted by molar-refractivity contribution is 0.0940. The highest BCUT2D eigenvalue weighted by atomic mass is 35.5. The molecule has 8 heteroatoms. The monoisotopic (exact) mass is 379 g/mol. The number of aromatic nitrogens is 1. The van der Waals surface area contributed by atoms with Crippen LogP contribution in [0.15, 0.2) is 30.3 Å². The van der Waals surface area contributed by atoms with E-state index in [1.54, 1.807) is 19.1 Å². The molecule has 0 bridgehead atoms. The van der Waals surface area contributed by atoms with Crippen LogP contribution in [0, 0.1) is 6.92 Å². The summed E-state index contributed by atoms with van der Waals surface area (Å²) in [4.78, 5) is 17.4. The first-order valence-electron chi connectivity index (χ1n) is 7.49. The van der Waals surface area contributed by atoms with Crippen LogP contribution in [0.1, 0.15) is 39.1 Å². The van der Waals surface area contributed by atoms with E-state index in [1.165, 1.54) is 6.07 Å². The van der Waals surface area contributed by atoms with Gasteiger partial charge in [-0.1, -0.05) is 23.7 Å². The number of rotatable bonds is 2. The quantitative estimate of drug-likeness (QED) is 0.655. The highest BCUT2D eigenvalue weighted by molar-refractivity contribution is 7.21. The SMILES string of the molecule is Cc1cc(C(F)F)nc2sc3c(c12)NC(c1ccc(Cl)cc1)NC3=O. The predicted octanol–water partition coefficient (Wildman–Crippen LogP) is 5.05. The highest BCUT2D eigenvalue weighted by Crippen LogP contribution is 2.41. The number of aryl methyl sites for hydroxylation is 1. The molecule has 4 rings (SSSR count). The van der Waals surface area contributed by atoms with Crippen molar-refractivity contribution >= 4 is 44.7 Å². The van der Waals surface area contributed by atoms with Gasteiger partial charge in [0, 0.05) is 10.4 Å². The Morgan fingerprint density at radius 3 is 2.64 bits per heavy atom. The van der Waals surface area contributed by atoms with Gasteiger partial charge in [-0.25, -0.2) is 13.8 Å². The van der Waals surface area contributed by atoms with Crippen molar-refractivity contribution in [3.63, 3.8) is 0 Å². The van der Waals surface area contributed by atoms with E-state index in [0.29, 0.717) is 31.4 Å². The van der Waals surface area contributed by atoms with Gasteiger partial charge in [-0.15, -0.1) is 11.3 Å². The third-order valence-electron chi connectivity index (χ3n) is 4.08. The molecular weight excluding hydrogens is 368 g/mol. The van der Waals surface area contributed by atoms with Gasteiger partial charge in [-0.05, 0) is 36.2 Å². The van der Waals surface area contributed by atoms with Crippen molar-refractivity contribution in [2.75, 3.05) is 5.32 Å². The van der Waals surface area contributed by atoms with E-state index in [-0.39, 0.29) is 11.6 Å². The maximum atomic E-state index is 13.0. The number of nitrogens with zero attached hydrogens (tertiary/aromatic N) is 1. The maximum absolute atomic E-state index is 13.0. The number of amides is 1. The molecule has 1 aliphatic heterocycles. The molecule has 3 aromatic rings.